The number of carbonyl (C=O) groups excluding carboxylic acids is 2. The molecule has 2 heterocycles. The van der Waals surface area contributed by atoms with Crippen molar-refractivity contribution in [3.8, 4) is 11.3 Å². The molecular formula is C17H9NO6S. The molecule has 25 heavy (non-hydrogen) atoms. The summed E-state index contributed by atoms with van der Waals surface area (Å²) in [6, 6.07) is 12.4. The predicted octanol–water partition coefficient (Wildman–Crippen LogP) is 2.46. The molecule has 0 aliphatic carbocycles. The molecule has 1 N–H and O–H groups in total. The number of hydrogen-bond donors (Lipinski definition) is 1. The SMILES string of the molecule is O=C1OC(=O)c2c1c(-c1ccccc1)nc1ccc(S(=O)(=O)O)cc21. The van der Waals surface area contributed by atoms with E-state index < -0.39 is 27.0 Å². The molecule has 0 amide bonds. The topological polar surface area (TPSA) is 111 Å². The number of fused-ring (bicyclic) bond motifs is 3. The van der Waals surface area contributed by atoms with Crippen LogP contribution in [0.25, 0.3) is 22.2 Å². The Morgan fingerprint density at radius 2 is 1.60 bits per heavy atom. The summed E-state index contributed by atoms with van der Waals surface area (Å²) in [5, 5.41) is 0.126. The molecule has 1 aliphatic rings. The lowest BCUT2D eigenvalue weighted by atomic mass is 9.98. The van der Waals surface area contributed by atoms with Gasteiger partial charge in [-0.25, -0.2) is 14.6 Å². The number of hydrogen-bond acceptors (Lipinski definition) is 6. The van der Waals surface area contributed by atoms with Gasteiger partial charge in [-0.2, -0.15) is 8.42 Å². The molecule has 7 nitrogen and oxygen atoms in total. The van der Waals surface area contributed by atoms with Crippen LogP contribution in [-0.4, -0.2) is 29.9 Å². The fraction of sp³-hybridized carbons (Fsp3) is 0. The molecule has 2 aromatic carbocycles. The largest absolute Gasteiger partial charge is 0.386 e. The van der Waals surface area contributed by atoms with Crippen molar-refractivity contribution >= 4 is 33.0 Å². The molecule has 8 heteroatoms. The second-order valence-electron chi connectivity index (χ2n) is 5.41. The molecule has 4 rings (SSSR count). The number of aromatic nitrogens is 1. The Kier molecular flexibility index (Phi) is 3.21. The summed E-state index contributed by atoms with van der Waals surface area (Å²) < 4.78 is 36.6. The van der Waals surface area contributed by atoms with Gasteiger partial charge in [0.05, 0.1) is 21.7 Å². The number of esters is 2. The van der Waals surface area contributed by atoms with E-state index in [2.05, 4.69) is 4.98 Å². The lowest BCUT2D eigenvalue weighted by Gasteiger charge is -2.09. The summed E-state index contributed by atoms with van der Waals surface area (Å²) in [4.78, 5) is 28.3. The van der Waals surface area contributed by atoms with Gasteiger partial charge in [0.1, 0.15) is 5.56 Å². The van der Waals surface area contributed by atoms with E-state index in [-0.39, 0.29) is 22.2 Å². The molecule has 124 valence electrons. The molecule has 0 atom stereocenters. The highest BCUT2D eigenvalue weighted by molar-refractivity contribution is 7.85. The minimum atomic E-state index is -4.47. The molecule has 0 radical (unpaired) electrons. The van der Waals surface area contributed by atoms with Gasteiger partial charge in [0.15, 0.2) is 0 Å². The average molecular weight is 355 g/mol. The van der Waals surface area contributed by atoms with Gasteiger partial charge in [-0.3, -0.25) is 4.55 Å². The van der Waals surface area contributed by atoms with Crippen LogP contribution in [0, 0.1) is 0 Å². The summed E-state index contributed by atoms with van der Waals surface area (Å²) in [7, 11) is -4.47. The fourth-order valence-electron chi connectivity index (χ4n) is 2.80. The van der Waals surface area contributed by atoms with E-state index >= 15 is 0 Å². The third-order valence-corrected chi connectivity index (χ3v) is 4.74. The summed E-state index contributed by atoms with van der Waals surface area (Å²) in [6.45, 7) is 0. The first-order valence-corrected chi connectivity index (χ1v) is 8.57. The van der Waals surface area contributed by atoms with Crippen LogP contribution in [-0.2, 0) is 14.9 Å². The number of nitrogens with zero attached hydrogens (tertiary/aromatic N) is 1. The highest BCUT2D eigenvalue weighted by Crippen LogP contribution is 2.35. The minimum Gasteiger partial charge on any atom is -0.386 e. The van der Waals surface area contributed by atoms with Crippen molar-refractivity contribution in [2.45, 2.75) is 4.90 Å². The Morgan fingerprint density at radius 1 is 0.920 bits per heavy atom. The van der Waals surface area contributed by atoms with Gasteiger partial charge in [-0.1, -0.05) is 30.3 Å². The maximum absolute atomic E-state index is 12.2. The summed E-state index contributed by atoms with van der Waals surface area (Å²) >= 11 is 0. The van der Waals surface area contributed by atoms with Gasteiger partial charge in [0, 0.05) is 10.9 Å². The summed E-state index contributed by atoms with van der Waals surface area (Å²) in [6.07, 6.45) is 0. The van der Waals surface area contributed by atoms with Crippen molar-refractivity contribution in [2.24, 2.45) is 0 Å². The Labute approximate surface area is 141 Å². The van der Waals surface area contributed by atoms with E-state index in [4.69, 9.17) is 4.74 Å². The first-order valence-electron chi connectivity index (χ1n) is 7.13. The van der Waals surface area contributed by atoms with Crippen LogP contribution < -0.4 is 0 Å². The average Bonchev–Trinajstić information content (AvgIpc) is 2.89. The molecular weight excluding hydrogens is 346 g/mol. The second-order valence-corrected chi connectivity index (χ2v) is 6.83. The maximum Gasteiger partial charge on any atom is 0.349 e. The van der Waals surface area contributed by atoms with Crippen molar-refractivity contribution in [1.29, 1.82) is 0 Å². The van der Waals surface area contributed by atoms with Gasteiger partial charge in [-0.15, -0.1) is 0 Å². The molecule has 0 fully saturated rings. The Morgan fingerprint density at radius 3 is 2.28 bits per heavy atom. The van der Waals surface area contributed by atoms with E-state index in [9.17, 15) is 22.6 Å². The zero-order valence-electron chi connectivity index (χ0n) is 12.5. The zero-order valence-corrected chi connectivity index (χ0v) is 13.3. The van der Waals surface area contributed by atoms with Crippen LogP contribution in [0.3, 0.4) is 0 Å². The van der Waals surface area contributed by atoms with E-state index in [0.717, 1.165) is 6.07 Å². The van der Waals surface area contributed by atoms with Crippen molar-refractivity contribution in [3.05, 3.63) is 59.7 Å². The number of benzene rings is 2. The van der Waals surface area contributed by atoms with Crippen LogP contribution in [0.4, 0.5) is 0 Å². The lowest BCUT2D eigenvalue weighted by Crippen LogP contribution is -2.03. The van der Waals surface area contributed by atoms with Crippen LogP contribution in [0.2, 0.25) is 0 Å². The van der Waals surface area contributed by atoms with Crippen LogP contribution in [0.15, 0.2) is 53.4 Å². The Balaban J connectivity index is 2.13. The van der Waals surface area contributed by atoms with Gasteiger partial charge >= 0.3 is 11.9 Å². The summed E-state index contributed by atoms with van der Waals surface area (Å²) in [5.41, 5.74) is 1.12. The van der Waals surface area contributed by atoms with Crippen molar-refractivity contribution in [1.82, 2.24) is 4.98 Å². The van der Waals surface area contributed by atoms with E-state index in [1.54, 1.807) is 30.3 Å². The van der Waals surface area contributed by atoms with Gasteiger partial charge in [0.2, 0.25) is 0 Å². The molecule has 0 saturated carbocycles. The van der Waals surface area contributed by atoms with Gasteiger partial charge < -0.3 is 4.74 Å². The third-order valence-electron chi connectivity index (χ3n) is 3.90. The number of cyclic esters (lactones) is 2. The first-order chi connectivity index (χ1) is 11.9. The van der Waals surface area contributed by atoms with E-state index in [1.807, 2.05) is 0 Å². The van der Waals surface area contributed by atoms with E-state index in [0.29, 0.717) is 11.1 Å². The molecule has 0 unspecified atom stereocenters. The monoisotopic (exact) mass is 355 g/mol. The number of ether oxygens (including phenoxy) is 1. The molecule has 1 aromatic heterocycles. The number of rotatable bonds is 2. The van der Waals surface area contributed by atoms with E-state index in [1.165, 1.54) is 12.1 Å². The fourth-order valence-corrected chi connectivity index (χ4v) is 3.31. The predicted molar refractivity (Wildman–Crippen MR) is 86.7 cm³/mol. The van der Waals surface area contributed by atoms with Gasteiger partial charge in [0.25, 0.3) is 10.1 Å². The molecule has 0 saturated heterocycles. The smallest absolute Gasteiger partial charge is 0.349 e. The van der Waals surface area contributed by atoms with Gasteiger partial charge in [-0.05, 0) is 18.2 Å². The Bertz CT molecular complexity index is 1170. The standard InChI is InChI=1S/C17H9NO6S/c19-16-13-11-8-10(25(21,22)23)6-7-12(11)18-15(14(13)17(20)24-16)9-4-2-1-3-5-9/h1-8H,(H,21,22,23). The molecule has 1 aliphatic heterocycles. The highest BCUT2D eigenvalue weighted by atomic mass is 32.2. The lowest BCUT2D eigenvalue weighted by molar-refractivity contribution is 0.0444. The molecule has 0 bridgehead atoms. The normalized spacial score (nSPS) is 13.8. The molecule has 3 aromatic rings. The van der Waals surface area contributed by atoms with Crippen LogP contribution >= 0.6 is 0 Å². The van der Waals surface area contributed by atoms with Crippen molar-refractivity contribution in [2.75, 3.05) is 0 Å². The quantitative estimate of drug-likeness (QED) is 0.427. The van der Waals surface area contributed by atoms with Crippen LogP contribution in [0.5, 0.6) is 0 Å². The first kappa shape index (κ1) is 15.4. The number of carbonyl (C=O) groups is 2. The highest BCUT2D eigenvalue weighted by Gasteiger charge is 2.36. The zero-order chi connectivity index (χ0) is 17.8. The second kappa shape index (κ2) is 5.20. The van der Waals surface area contributed by atoms with Crippen molar-refractivity contribution in [3.63, 3.8) is 0 Å². The molecule has 0 spiro atoms. The maximum atomic E-state index is 12.2. The number of pyridine rings is 1. The van der Waals surface area contributed by atoms with Crippen LogP contribution in [0.1, 0.15) is 20.7 Å². The summed E-state index contributed by atoms with van der Waals surface area (Å²) in [5.74, 6) is -1.72. The van der Waals surface area contributed by atoms with Crippen molar-refractivity contribution < 1.29 is 27.3 Å². The minimum absolute atomic E-state index is 0.0174. The Hall–Kier alpha value is -3.10. The third kappa shape index (κ3) is 2.39.